The molecule has 1 aliphatic rings. The lowest BCUT2D eigenvalue weighted by molar-refractivity contribution is -0.115. The predicted molar refractivity (Wildman–Crippen MR) is 58.5 cm³/mol. The molecule has 5 heteroatoms. The molecular weight excluding hydrogens is 222 g/mol. The highest BCUT2D eigenvalue weighted by molar-refractivity contribution is 6.21. The largest absolute Gasteiger partial charge is 0.386 e. The van der Waals surface area contributed by atoms with E-state index < -0.39 is 6.10 Å². The number of fused-ring (bicyclic) bond motifs is 1. The van der Waals surface area contributed by atoms with Gasteiger partial charge in [0.1, 0.15) is 12.4 Å². The number of aldehydes is 1. The highest BCUT2D eigenvalue weighted by Crippen LogP contribution is 2.22. The molecule has 5 nitrogen and oxygen atoms in total. The van der Waals surface area contributed by atoms with Gasteiger partial charge in [-0.1, -0.05) is 12.1 Å². The van der Waals surface area contributed by atoms with Crippen LogP contribution in [0, 0.1) is 0 Å². The maximum atomic E-state index is 11.8. The van der Waals surface area contributed by atoms with E-state index in [1.54, 1.807) is 24.3 Å². The second kappa shape index (κ2) is 4.47. The third kappa shape index (κ3) is 1.97. The van der Waals surface area contributed by atoms with Crippen molar-refractivity contribution in [2.24, 2.45) is 0 Å². The zero-order chi connectivity index (χ0) is 12.4. The van der Waals surface area contributed by atoms with Crippen molar-refractivity contribution in [3.05, 3.63) is 35.4 Å². The van der Waals surface area contributed by atoms with Gasteiger partial charge in [-0.3, -0.25) is 14.5 Å². The molecule has 0 aromatic heterocycles. The number of aliphatic hydroxyl groups excluding tert-OH is 1. The summed E-state index contributed by atoms with van der Waals surface area (Å²) in [5.41, 5.74) is 0.746. The smallest absolute Gasteiger partial charge is 0.261 e. The first kappa shape index (κ1) is 11.5. The van der Waals surface area contributed by atoms with Gasteiger partial charge in [0, 0.05) is 6.54 Å². The molecule has 0 fully saturated rings. The van der Waals surface area contributed by atoms with Gasteiger partial charge < -0.3 is 9.90 Å². The number of aliphatic hydroxyl groups is 1. The van der Waals surface area contributed by atoms with Crippen LogP contribution in [0.15, 0.2) is 24.3 Å². The lowest BCUT2D eigenvalue weighted by Crippen LogP contribution is -2.32. The van der Waals surface area contributed by atoms with E-state index in [4.69, 9.17) is 5.11 Å². The molecule has 2 amide bonds. The molecule has 1 N–H and O–H groups in total. The lowest BCUT2D eigenvalue weighted by atomic mass is 10.1. The molecular formula is C12H11NO4. The van der Waals surface area contributed by atoms with Crippen molar-refractivity contribution in [2.75, 3.05) is 6.54 Å². The van der Waals surface area contributed by atoms with Gasteiger partial charge in [0.2, 0.25) is 0 Å². The monoisotopic (exact) mass is 233 g/mol. The van der Waals surface area contributed by atoms with E-state index in [-0.39, 0.29) is 24.8 Å². The van der Waals surface area contributed by atoms with Gasteiger partial charge in [-0.2, -0.15) is 0 Å². The summed E-state index contributed by atoms with van der Waals surface area (Å²) < 4.78 is 0. The molecule has 88 valence electrons. The first-order chi connectivity index (χ1) is 8.15. The second-order valence-corrected chi connectivity index (χ2v) is 3.80. The third-order valence-electron chi connectivity index (χ3n) is 2.68. The van der Waals surface area contributed by atoms with E-state index in [9.17, 15) is 14.4 Å². The molecule has 0 spiro atoms. The average Bonchev–Trinajstić information content (AvgIpc) is 2.60. The van der Waals surface area contributed by atoms with Gasteiger partial charge in [0.25, 0.3) is 11.8 Å². The number of amides is 2. The summed E-state index contributed by atoms with van der Waals surface area (Å²) in [6.07, 6.45) is -0.688. The van der Waals surface area contributed by atoms with Crippen molar-refractivity contribution in [2.45, 2.75) is 12.5 Å². The van der Waals surface area contributed by atoms with Crippen LogP contribution < -0.4 is 0 Å². The Balaban J connectivity index is 2.16. The Morgan fingerprint density at radius 1 is 1.18 bits per heavy atom. The van der Waals surface area contributed by atoms with Gasteiger partial charge in [0.05, 0.1) is 11.1 Å². The quantitative estimate of drug-likeness (QED) is 0.596. The Morgan fingerprint density at radius 3 is 2.18 bits per heavy atom. The molecule has 1 heterocycles. The Kier molecular flexibility index (Phi) is 3.01. The fraction of sp³-hybridized carbons (Fsp3) is 0.250. The molecule has 1 aromatic rings. The Labute approximate surface area is 97.7 Å². The molecule has 1 aliphatic heterocycles. The molecule has 0 saturated carbocycles. The van der Waals surface area contributed by atoms with E-state index >= 15 is 0 Å². The maximum Gasteiger partial charge on any atom is 0.261 e. The van der Waals surface area contributed by atoms with Crippen LogP contribution in [0.3, 0.4) is 0 Å². The third-order valence-corrected chi connectivity index (χ3v) is 2.68. The van der Waals surface area contributed by atoms with E-state index in [0.717, 1.165) is 4.90 Å². The van der Waals surface area contributed by atoms with Crippen LogP contribution in [0.5, 0.6) is 0 Å². The molecule has 0 saturated heterocycles. The summed E-state index contributed by atoms with van der Waals surface area (Å²) in [7, 11) is 0. The minimum atomic E-state index is -1.14. The van der Waals surface area contributed by atoms with Gasteiger partial charge in [-0.05, 0) is 18.6 Å². The van der Waals surface area contributed by atoms with Crippen LogP contribution in [0.25, 0.3) is 0 Å². The van der Waals surface area contributed by atoms with Crippen molar-refractivity contribution in [3.63, 3.8) is 0 Å². The number of nitrogens with zero attached hydrogens (tertiary/aromatic N) is 1. The minimum Gasteiger partial charge on any atom is -0.386 e. The standard InChI is InChI=1S/C12H11NO4/c14-7-8(15)5-6-13-11(16)9-3-1-2-4-10(9)12(13)17/h1-4,7-8,15H,5-6H2. The number of hydrogen-bond donors (Lipinski definition) is 1. The SMILES string of the molecule is O=CC(O)CCN1C(=O)c2ccccc2C1=O. The summed E-state index contributed by atoms with van der Waals surface area (Å²) in [6.45, 7) is 0.0479. The van der Waals surface area contributed by atoms with Crippen molar-refractivity contribution >= 4 is 18.1 Å². The zero-order valence-corrected chi connectivity index (χ0v) is 9.00. The normalized spacial score (nSPS) is 15.9. The number of carbonyl (C=O) groups is 3. The molecule has 17 heavy (non-hydrogen) atoms. The summed E-state index contributed by atoms with van der Waals surface area (Å²) >= 11 is 0. The fourth-order valence-corrected chi connectivity index (χ4v) is 1.77. The van der Waals surface area contributed by atoms with Crippen LogP contribution in [-0.2, 0) is 4.79 Å². The Bertz CT molecular complexity index is 448. The first-order valence-corrected chi connectivity index (χ1v) is 5.23. The predicted octanol–water partition coefficient (Wildman–Crippen LogP) is 0.233. The molecule has 1 unspecified atom stereocenters. The number of rotatable bonds is 4. The first-order valence-electron chi connectivity index (χ1n) is 5.23. The molecule has 2 rings (SSSR count). The van der Waals surface area contributed by atoms with Crippen LogP contribution >= 0.6 is 0 Å². The highest BCUT2D eigenvalue weighted by atomic mass is 16.3. The van der Waals surface area contributed by atoms with Gasteiger partial charge in [0.15, 0.2) is 0 Å². The second-order valence-electron chi connectivity index (χ2n) is 3.80. The van der Waals surface area contributed by atoms with Gasteiger partial charge in [-0.15, -0.1) is 0 Å². The molecule has 0 aliphatic carbocycles. The summed E-state index contributed by atoms with van der Waals surface area (Å²) in [5, 5.41) is 9.09. The number of benzene rings is 1. The van der Waals surface area contributed by atoms with Crippen molar-refractivity contribution in [1.82, 2.24) is 4.90 Å². The summed E-state index contributed by atoms with van der Waals surface area (Å²) in [5.74, 6) is -0.743. The fourth-order valence-electron chi connectivity index (χ4n) is 1.77. The Morgan fingerprint density at radius 2 is 1.71 bits per heavy atom. The van der Waals surface area contributed by atoms with Gasteiger partial charge in [-0.25, -0.2) is 0 Å². The van der Waals surface area contributed by atoms with Crippen molar-refractivity contribution in [1.29, 1.82) is 0 Å². The topological polar surface area (TPSA) is 74.7 Å². The van der Waals surface area contributed by atoms with Crippen LogP contribution in [0.1, 0.15) is 27.1 Å². The van der Waals surface area contributed by atoms with Crippen LogP contribution in [0.2, 0.25) is 0 Å². The van der Waals surface area contributed by atoms with Crippen LogP contribution in [0.4, 0.5) is 0 Å². The average molecular weight is 233 g/mol. The molecule has 0 bridgehead atoms. The lowest BCUT2D eigenvalue weighted by Gasteiger charge is -2.13. The van der Waals surface area contributed by atoms with Gasteiger partial charge >= 0.3 is 0 Å². The maximum absolute atomic E-state index is 11.8. The highest BCUT2D eigenvalue weighted by Gasteiger charge is 2.34. The molecule has 1 aromatic carbocycles. The molecule has 0 radical (unpaired) electrons. The Hall–Kier alpha value is -2.01. The van der Waals surface area contributed by atoms with Crippen molar-refractivity contribution in [3.8, 4) is 0 Å². The molecule has 1 atom stereocenters. The summed E-state index contributed by atoms with van der Waals surface area (Å²) in [6, 6.07) is 6.55. The van der Waals surface area contributed by atoms with E-state index in [0.29, 0.717) is 17.4 Å². The van der Waals surface area contributed by atoms with Crippen LogP contribution in [-0.4, -0.2) is 40.8 Å². The van der Waals surface area contributed by atoms with E-state index in [1.165, 1.54) is 0 Å². The minimum absolute atomic E-state index is 0.0479. The number of carbonyl (C=O) groups excluding carboxylic acids is 3. The van der Waals surface area contributed by atoms with E-state index in [2.05, 4.69) is 0 Å². The zero-order valence-electron chi connectivity index (χ0n) is 9.00. The van der Waals surface area contributed by atoms with Crippen molar-refractivity contribution < 1.29 is 19.5 Å². The number of imide groups is 1. The van der Waals surface area contributed by atoms with E-state index in [1.807, 2.05) is 0 Å². The summed E-state index contributed by atoms with van der Waals surface area (Å²) in [4.78, 5) is 35.0. The number of hydrogen-bond acceptors (Lipinski definition) is 4.